The van der Waals surface area contributed by atoms with Crippen molar-refractivity contribution >= 4 is 41.7 Å². The summed E-state index contributed by atoms with van der Waals surface area (Å²) in [7, 11) is 1.53. The molecule has 0 fully saturated rings. The predicted octanol–water partition coefficient (Wildman–Crippen LogP) is 4.05. The maximum absolute atomic E-state index is 13.0. The Bertz CT molecular complexity index is 550. The molecule has 9 heteroatoms. The third kappa shape index (κ3) is 8.22. The summed E-state index contributed by atoms with van der Waals surface area (Å²) in [5.74, 6) is 1.12. The van der Waals surface area contributed by atoms with Gasteiger partial charge in [-0.1, -0.05) is 12.1 Å². The second-order valence-electron chi connectivity index (χ2n) is 4.52. The molecular formula is C15H20F4IN3S. The Hall–Kier alpha value is -0.970. The Morgan fingerprint density at radius 3 is 2.62 bits per heavy atom. The van der Waals surface area contributed by atoms with E-state index in [0.717, 1.165) is 23.6 Å². The van der Waals surface area contributed by atoms with Crippen molar-refractivity contribution in [1.29, 1.82) is 0 Å². The number of guanidine groups is 1. The summed E-state index contributed by atoms with van der Waals surface area (Å²) in [6.45, 7) is 4.13. The van der Waals surface area contributed by atoms with Crippen LogP contribution in [-0.2, 0) is 12.7 Å². The molecule has 0 heterocycles. The molecule has 0 atom stereocenters. The maximum Gasteiger partial charge on any atom is 0.416 e. The number of nitrogens with zero attached hydrogens (tertiary/aromatic N) is 1. The second-order valence-corrected chi connectivity index (χ2v) is 5.67. The molecule has 0 radical (unpaired) electrons. The van der Waals surface area contributed by atoms with E-state index in [1.54, 1.807) is 17.8 Å². The number of thioether (sulfide) groups is 1. The number of aliphatic imine (C=N–C) groups is 1. The van der Waals surface area contributed by atoms with Gasteiger partial charge in [-0.05, 0) is 17.7 Å². The second kappa shape index (κ2) is 11.6. The summed E-state index contributed by atoms with van der Waals surface area (Å²) in [5, 5.41) is 5.79. The molecule has 24 heavy (non-hydrogen) atoms. The minimum atomic E-state index is -4.60. The van der Waals surface area contributed by atoms with Gasteiger partial charge >= 0.3 is 6.18 Å². The Morgan fingerprint density at radius 2 is 2.04 bits per heavy atom. The summed E-state index contributed by atoms with van der Waals surface area (Å²) in [6, 6.07) is 2.63. The van der Waals surface area contributed by atoms with Crippen LogP contribution >= 0.6 is 35.7 Å². The molecule has 0 unspecified atom stereocenters. The minimum Gasteiger partial charge on any atom is -0.356 e. The fourth-order valence-corrected chi connectivity index (χ4v) is 2.35. The van der Waals surface area contributed by atoms with Crippen LogP contribution in [0.15, 0.2) is 35.8 Å². The van der Waals surface area contributed by atoms with E-state index in [4.69, 9.17) is 0 Å². The molecule has 0 saturated heterocycles. The van der Waals surface area contributed by atoms with Crippen LogP contribution in [-0.4, -0.2) is 31.1 Å². The number of nitrogens with one attached hydrogen (secondary N) is 2. The van der Waals surface area contributed by atoms with E-state index in [1.807, 2.05) is 0 Å². The predicted molar refractivity (Wildman–Crippen MR) is 103 cm³/mol. The van der Waals surface area contributed by atoms with E-state index in [-0.39, 0.29) is 36.1 Å². The van der Waals surface area contributed by atoms with Crippen molar-refractivity contribution in [1.82, 2.24) is 10.6 Å². The highest BCUT2D eigenvalue weighted by atomic mass is 127. The van der Waals surface area contributed by atoms with Gasteiger partial charge < -0.3 is 10.6 Å². The van der Waals surface area contributed by atoms with Crippen LogP contribution in [0, 0.1) is 5.82 Å². The van der Waals surface area contributed by atoms with Gasteiger partial charge in [0.05, 0.1) is 5.56 Å². The zero-order valence-corrected chi connectivity index (χ0v) is 16.3. The number of hydrogen-bond donors (Lipinski definition) is 2. The lowest BCUT2D eigenvalue weighted by Crippen LogP contribution is -2.38. The fraction of sp³-hybridized carbons (Fsp3) is 0.400. The van der Waals surface area contributed by atoms with E-state index >= 15 is 0 Å². The molecule has 2 N–H and O–H groups in total. The molecule has 1 aromatic carbocycles. The van der Waals surface area contributed by atoms with Crippen molar-refractivity contribution in [2.45, 2.75) is 12.7 Å². The van der Waals surface area contributed by atoms with Gasteiger partial charge in [0.2, 0.25) is 0 Å². The van der Waals surface area contributed by atoms with Crippen molar-refractivity contribution in [3.05, 3.63) is 47.8 Å². The standard InChI is InChI=1S/C15H19F4N3S.HI/c1-3-7-23-8-6-21-14(20-2)22-10-11-4-5-12(16)9-13(11)15(17,18)19;/h3-5,9H,1,6-8,10H2,2H3,(H2,20,21,22);1H. The van der Waals surface area contributed by atoms with E-state index in [2.05, 4.69) is 22.2 Å². The molecule has 0 aromatic heterocycles. The maximum atomic E-state index is 13.0. The van der Waals surface area contributed by atoms with Crippen LogP contribution in [0.3, 0.4) is 0 Å². The number of benzene rings is 1. The van der Waals surface area contributed by atoms with Crippen molar-refractivity contribution < 1.29 is 17.6 Å². The molecule has 0 aliphatic rings. The summed E-state index contributed by atoms with van der Waals surface area (Å²) >= 11 is 1.67. The molecule has 0 bridgehead atoms. The Labute approximate surface area is 160 Å². The van der Waals surface area contributed by atoms with Crippen molar-refractivity contribution in [2.24, 2.45) is 4.99 Å². The van der Waals surface area contributed by atoms with E-state index in [0.29, 0.717) is 18.6 Å². The highest BCUT2D eigenvalue weighted by molar-refractivity contribution is 14.0. The normalized spacial score (nSPS) is 11.6. The van der Waals surface area contributed by atoms with Crippen LogP contribution in [0.5, 0.6) is 0 Å². The summed E-state index contributed by atoms with van der Waals surface area (Å²) < 4.78 is 51.8. The highest BCUT2D eigenvalue weighted by Crippen LogP contribution is 2.32. The molecule has 0 aliphatic heterocycles. The van der Waals surface area contributed by atoms with Crippen molar-refractivity contribution in [3.8, 4) is 0 Å². The highest BCUT2D eigenvalue weighted by Gasteiger charge is 2.33. The van der Waals surface area contributed by atoms with Crippen LogP contribution in [0.2, 0.25) is 0 Å². The molecule has 1 rings (SSSR count). The third-order valence-corrected chi connectivity index (χ3v) is 3.79. The van der Waals surface area contributed by atoms with E-state index in [1.165, 1.54) is 7.05 Å². The Morgan fingerprint density at radius 1 is 1.33 bits per heavy atom. The van der Waals surface area contributed by atoms with Crippen molar-refractivity contribution in [2.75, 3.05) is 25.1 Å². The molecule has 3 nitrogen and oxygen atoms in total. The molecule has 0 saturated carbocycles. The SMILES string of the molecule is C=CCSCCNC(=NC)NCc1ccc(F)cc1C(F)(F)F.I. The molecule has 1 aromatic rings. The van der Waals surface area contributed by atoms with E-state index in [9.17, 15) is 17.6 Å². The first kappa shape index (κ1) is 23.0. The first-order chi connectivity index (χ1) is 10.9. The fourth-order valence-electron chi connectivity index (χ4n) is 1.77. The lowest BCUT2D eigenvalue weighted by atomic mass is 10.1. The third-order valence-electron chi connectivity index (χ3n) is 2.82. The topological polar surface area (TPSA) is 36.4 Å². The summed E-state index contributed by atoms with van der Waals surface area (Å²) in [6.07, 6.45) is -2.80. The Balaban J connectivity index is 0.00000529. The van der Waals surface area contributed by atoms with E-state index < -0.39 is 17.6 Å². The zero-order valence-electron chi connectivity index (χ0n) is 13.1. The van der Waals surface area contributed by atoms with Crippen molar-refractivity contribution in [3.63, 3.8) is 0 Å². The lowest BCUT2D eigenvalue weighted by molar-refractivity contribution is -0.138. The number of alkyl halides is 3. The van der Waals surface area contributed by atoms with Gasteiger partial charge in [0.25, 0.3) is 0 Å². The lowest BCUT2D eigenvalue weighted by Gasteiger charge is -2.15. The summed E-state index contributed by atoms with van der Waals surface area (Å²) in [4.78, 5) is 3.94. The van der Waals surface area contributed by atoms with Crippen LogP contribution in [0.25, 0.3) is 0 Å². The average Bonchev–Trinajstić information content (AvgIpc) is 2.50. The molecule has 0 spiro atoms. The van der Waals surface area contributed by atoms with Gasteiger partial charge in [0, 0.05) is 31.6 Å². The largest absolute Gasteiger partial charge is 0.416 e. The van der Waals surface area contributed by atoms with Gasteiger partial charge in [-0.25, -0.2) is 4.39 Å². The van der Waals surface area contributed by atoms with Crippen LogP contribution in [0.1, 0.15) is 11.1 Å². The van der Waals surface area contributed by atoms with Gasteiger partial charge in [-0.15, -0.1) is 30.6 Å². The van der Waals surface area contributed by atoms with Gasteiger partial charge in [-0.3, -0.25) is 4.99 Å². The monoisotopic (exact) mass is 477 g/mol. The zero-order chi connectivity index (χ0) is 17.3. The quantitative estimate of drug-likeness (QED) is 0.156. The van der Waals surface area contributed by atoms with Crippen LogP contribution < -0.4 is 10.6 Å². The smallest absolute Gasteiger partial charge is 0.356 e. The van der Waals surface area contributed by atoms with Gasteiger partial charge in [-0.2, -0.15) is 24.9 Å². The molecule has 0 aliphatic carbocycles. The summed E-state index contributed by atoms with van der Waals surface area (Å²) in [5.41, 5.74) is -1.02. The number of halogens is 5. The van der Waals surface area contributed by atoms with Gasteiger partial charge in [0.1, 0.15) is 5.82 Å². The van der Waals surface area contributed by atoms with Gasteiger partial charge in [0.15, 0.2) is 5.96 Å². The first-order valence-corrected chi connectivity index (χ1v) is 8.02. The average molecular weight is 477 g/mol. The number of rotatable bonds is 7. The molecule has 136 valence electrons. The first-order valence-electron chi connectivity index (χ1n) is 6.87. The minimum absolute atomic E-state index is 0. The molecule has 0 amide bonds. The number of hydrogen-bond acceptors (Lipinski definition) is 2. The Kier molecular flexibility index (Phi) is 11.1. The van der Waals surface area contributed by atoms with Crippen LogP contribution in [0.4, 0.5) is 17.6 Å². The molecular weight excluding hydrogens is 457 g/mol.